The molecule has 31 heavy (non-hydrogen) atoms. The second-order valence-electron chi connectivity index (χ2n) is 7.40. The van der Waals surface area contributed by atoms with Crippen molar-refractivity contribution in [1.29, 1.82) is 0 Å². The quantitative estimate of drug-likeness (QED) is 0.695. The van der Waals surface area contributed by atoms with E-state index in [4.69, 9.17) is 31.5 Å². The summed E-state index contributed by atoms with van der Waals surface area (Å²) < 4.78 is 16.4. The Morgan fingerprint density at radius 1 is 1.13 bits per heavy atom. The van der Waals surface area contributed by atoms with Crippen molar-refractivity contribution < 1.29 is 23.8 Å². The van der Waals surface area contributed by atoms with Crippen molar-refractivity contribution >= 4 is 23.4 Å². The number of hydrogen-bond donors (Lipinski definition) is 1. The zero-order valence-corrected chi connectivity index (χ0v) is 17.8. The van der Waals surface area contributed by atoms with Crippen LogP contribution in [0.4, 0.5) is 0 Å². The zero-order chi connectivity index (χ0) is 22.0. The molecule has 2 aromatic rings. The Hall–Kier alpha value is -3.25. The predicted molar refractivity (Wildman–Crippen MR) is 115 cm³/mol. The molecule has 1 aliphatic heterocycles. The van der Waals surface area contributed by atoms with Gasteiger partial charge in [0.2, 0.25) is 5.88 Å². The number of esters is 1. The average molecular weight is 440 g/mol. The Labute approximate surface area is 185 Å². The summed E-state index contributed by atoms with van der Waals surface area (Å²) in [5, 5.41) is 0.671. The van der Waals surface area contributed by atoms with Gasteiger partial charge in [0.25, 0.3) is 0 Å². The number of hydrogen-bond acceptors (Lipinski definition) is 6. The van der Waals surface area contributed by atoms with Gasteiger partial charge in [-0.05, 0) is 41.8 Å². The summed E-state index contributed by atoms with van der Waals surface area (Å²) in [6, 6.07) is 14.7. The maximum Gasteiger partial charge on any atom is 0.340 e. The van der Waals surface area contributed by atoms with E-state index in [1.807, 2.05) is 36.4 Å². The fourth-order valence-corrected chi connectivity index (χ4v) is 4.03. The molecule has 0 bridgehead atoms. The Morgan fingerprint density at radius 3 is 2.52 bits per heavy atom. The molecule has 2 aliphatic rings. The maximum absolute atomic E-state index is 12.7. The zero-order valence-electron chi connectivity index (χ0n) is 17.0. The predicted octanol–water partition coefficient (Wildman–Crippen LogP) is 4.38. The van der Waals surface area contributed by atoms with Gasteiger partial charge in [-0.1, -0.05) is 35.9 Å². The lowest BCUT2D eigenvalue weighted by Crippen LogP contribution is -2.31. The van der Waals surface area contributed by atoms with Gasteiger partial charge in [0, 0.05) is 23.4 Å². The maximum atomic E-state index is 12.7. The molecule has 7 heteroatoms. The Kier molecular flexibility index (Phi) is 6.00. The summed E-state index contributed by atoms with van der Waals surface area (Å²) >= 11 is 5.91. The molecule has 0 fully saturated rings. The SMILES string of the molecule is COC(=O)C1=C(N)OC2=C(C(=O)CCC2)[C@H]1c1ccc(OCc2ccc(Cl)cc2)cc1. The first-order valence-electron chi connectivity index (χ1n) is 9.97. The van der Waals surface area contributed by atoms with Crippen molar-refractivity contribution in [3.05, 3.63) is 87.5 Å². The number of allylic oxidation sites excluding steroid dienone is 2. The summed E-state index contributed by atoms with van der Waals surface area (Å²) in [7, 11) is 1.28. The molecule has 0 amide bonds. The third-order valence-electron chi connectivity index (χ3n) is 5.42. The first kappa shape index (κ1) is 21.0. The van der Waals surface area contributed by atoms with Crippen LogP contribution in [-0.2, 0) is 25.7 Å². The van der Waals surface area contributed by atoms with Crippen LogP contribution >= 0.6 is 11.6 Å². The molecule has 2 N–H and O–H groups in total. The highest BCUT2D eigenvalue weighted by Gasteiger charge is 2.41. The van der Waals surface area contributed by atoms with Gasteiger partial charge < -0.3 is 19.9 Å². The number of ketones is 1. The summed E-state index contributed by atoms with van der Waals surface area (Å²) in [5.74, 6) is -0.109. The lowest BCUT2D eigenvalue weighted by atomic mass is 9.77. The van der Waals surface area contributed by atoms with Crippen LogP contribution in [0.3, 0.4) is 0 Å². The number of carbonyl (C=O) groups is 2. The van der Waals surface area contributed by atoms with Crippen molar-refractivity contribution in [3.8, 4) is 5.75 Å². The van der Waals surface area contributed by atoms with Crippen molar-refractivity contribution in [2.45, 2.75) is 31.8 Å². The summed E-state index contributed by atoms with van der Waals surface area (Å²) in [6.45, 7) is 0.391. The van der Waals surface area contributed by atoms with E-state index in [0.29, 0.717) is 48.0 Å². The fraction of sp³-hybridized carbons (Fsp3) is 0.250. The second kappa shape index (κ2) is 8.86. The first-order valence-corrected chi connectivity index (χ1v) is 10.3. The topological polar surface area (TPSA) is 87.9 Å². The fourth-order valence-electron chi connectivity index (χ4n) is 3.90. The van der Waals surface area contributed by atoms with Crippen molar-refractivity contribution in [2.24, 2.45) is 5.73 Å². The van der Waals surface area contributed by atoms with Crippen LogP contribution < -0.4 is 10.5 Å². The lowest BCUT2D eigenvalue weighted by molar-refractivity contribution is -0.136. The van der Waals surface area contributed by atoms with E-state index < -0.39 is 11.9 Å². The van der Waals surface area contributed by atoms with Gasteiger partial charge in [-0.3, -0.25) is 4.79 Å². The molecule has 0 unspecified atom stereocenters. The number of carbonyl (C=O) groups excluding carboxylic acids is 2. The molecule has 160 valence electrons. The Bertz CT molecular complexity index is 1070. The van der Waals surface area contributed by atoms with Crippen molar-refractivity contribution in [3.63, 3.8) is 0 Å². The molecule has 0 radical (unpaired) electrons. The van der Waals surface area contributed by atoms with Gasteiger partial charge in [-0.2, -0.15) is 0 Å². The van der Waals surface area contributed by atoms with Gasteiger partial charge >= 0.3 is 5.97 Å². The van der Waals surface area contributed by atoms with E-state index in [-0.39, 0.29) is 17.2 Å². The average Bonchev–Trinajstić information content (AvgIpc) is 2.78. The minimum Gasteiger partial charge on any atom is -0.489 e. The Balaban J connectivity index is 1.62. The number of ether oxygens (including phenoxy) is 3. The minimum absolute atomic E-state index is 0.0200. The van der Waals surface area contributed by atoms with E-state index in [1.165, 1.54) is 7.11 Å². The lowest BCUT2D eigenvalue weighted by Gasteiger charge is -2.32. The van der Waals surface area contributed by atoms with Crippen LogP contribution in [0.25, 0.3) is 0 Å². The van der Waals surface area contributed by atoms with Gasteiger partial charge in [0.05, 0.1) is 13.0 Å². The van der Waals surface area contributed by atoms with Crippen LogP contribution in [0.15, 0.2) is 71.3 Å². The highest BCUT2D eigenvalue weighted by molar-refractivity contribution is 6.30. The number of halogens is 1. The number of rotatable bonds is 5. The van der Waals surface area contributed by atoms with Crippen LogP contribution in [0.1, 0.15) is 36.3 Å². The third-order valence-corrected chi connectivity index (χ3v) is 5.67. The first-order chi connectivity index (χ1) is 15.0. The van der Waals surface area contributed by atoms with Gasteiger partial charge in [-0.25, -0.2) is 4.79 Å². The molecular weight excluding hydrogens is 418 g/mol. The van der Waals surface area contributed by atoms with Crippen LogP contribution in [0.2, 0.25) is 5.02 Å². The van der Waals surface area contributed by atoms with Crippen molar-refractivity contribution in [2.75, 3.05) is 7.11 Å². The number of benzene rings is 2. The third kappa shape index (κ3) is 4.30. The molecule has 2 aromatic carbocycles. The van der Waals surface area contributed by atoms with Crippen LogP contribution in [-0.4, -0.2) is 18.9 Å². The summed E-state index contributed by atoms with van der Waals surface area (Å²) in [6.07, 6.45) is 1.72. The molecular formula is C24H22ClNO5. The molecule has 0 saturated carbocycles. The van der Waals surface area contributed by atoms with E-state index in [0.717, 1.165) is 11.1 Å². The van der Waals surface area contributed by atoms with Crippen LogP contribution in [0.5, 0.6) is 5.75 Å². The number of methoxy groups -OCH3 is 1. The highest BCUT2D eigenvalue weighted by atomic mass is 35.5. The molecule has 6 nitrogen and oxygen atoms in total. The molecule has 4 rings (SSSR count). The van der Waals surface area contributed by atoms with E-state index >= 15 is 0 Å². The molecule has 1 aliphatic carbocycles. The number of nitrogens with two attached hydrogens (primary N) is 1. The second-order valence-corrected chi connectivity index (χ2v) is 7.84. The highest BCUT2D eigenvalue weighted by Crippen LogP contribution is 2.44. The van der Waals surface area contributed by atoms with E-state index in [1.54, 1.807) is 12.1 Å². The molecule has 1 heterocycles. The molecule has 0 spiro atoms. The summed E-state index contributed by atoms with van der Waals surface area (Å²) in [4.78, 5) is 25.2. The molecule has 0 saturated heterocycles. The van der Waals surface area contributed by atoms with Gasteiger partial charge in [0.15, 0.2) is 5.78 Å². The summed E-state index contributed by atoms with van der Waals surface area (Å²) in [5.41, 5.74) is 8.43. The smallest absolute Gasteiger partial charge is 0.340 e. The Morgan fingerprint density at radius 2 is 1.84 bits per heavy atom. The largest absolute Gasteiger partial charge is 0.489 e. The van der Waals surface area contributed by atoms with Gasteiger partial charge in [0.1, 0.15) is 23.7 Å². The number of Topliss-reactive ketones (excluding diaryl/α,β-unsaturated/α-hetero) is 1. The monoisotopic (exact) mass is 439 g/mol. The van der Waals surface area contributed by atoms with E-state index in [2.05, 4.69) is 0 Å². The molecule has 1 atom stereocenters. The minimum atomic E-state index is -0.630. The van der Waals surface area contributed by atoms with Gasteiger partial charge in [-0.15, -0.1) is 0 Å². The van der Waals surface area contributed by atoms with E-state index in [9.17, 15) is 9.59 Å². The van der Waals surface area contributed by atoms with Crippen LogP contribution in [0, 0.1) is 0 Å². The van der Waals surface area contributed by atoms with Crippen molar-refractivity contribution in [1.82, 2.24) is 0 Å². The standard InChI is InChI=1S/C24H22ClNO5/c1-29-24(28)22-20(21-18(27)3-2-4-19(21)31-23(22)26)15-7-11-17(12-8-15)30-13-14-5-9-16(25)10-6-14/h5-12,20H,2-4,13,26H2,1H3/t20-/m1/s1. The molecule has 0 aromatic heterocycles. The normalized spacial score (nSPS) is 18.4.